The molecule has 88 valence electrons. The molecule has 0 aliphatic heterocycles. The standard InChI is InChI=1S/C14H13ClO2/c1-10-9-11(15)7-8-13(10)14(16)17-12-5-3-2-4-6-12/h2-7,9,13H,8H2,1H3. The van der Waals surface area contributed by atoms with E-state index in [-0.39, 0.29) is 11.9 Å². The van der Waals surface area contributed by atoms with Crippen molar-refractivity contribution in [3.63, 3.8) is 0 Å². The van der Waals surface area contributed by atoms with E-state index in [1.807, 2.05) is 37.3 Å². The van der Waals surface area contributed by atoms with Crippen molar-refractivity contribution in [2.45, 2.75) is 13.3 Å². The van der Waals surface area contributed by atoms with Gasteiger partial charge in [-0.1, -0.05) is 41.4 Å². The van der Waals surface area contributed by atoms with Crippen molar-refractivity contribution in [1.29, 1.82) is 0 Å². The van der Waals surface area contributed by atoms with E-state index >= 15 is 0 Å². The first kappa shape index (κ1) is 11.9. The van der Waals surface area contributed by atoms with E-state index in [1.54, 1.807) is 12.1 Å². The minimum absolute atomic E-state index is 0.224. The van der Waals surface area contributed by atoms with Crippen LogP contribution in [-0.4, -0.2) is 5.97 Å². The Balaban J connectivity index is 2.05. The van der Waals surface area contributed by atoms with Gasteiger partial charge in [0.1, 0.15) is 5.75 Å². The molecule has 1 aliphatic carbocycles. The molecule has 0 radical (unpaired) electrons. The highest BCUT2D eigenvalue weighted by molar-refractivity contribution is 6.31. The van der Waals surface area contributed by atoms with E-state index in [9.17, 15) is 4.79 Å². The van der Waals surface area contributed by atoms with Crippen molar-refractivity contribution in [2.24, 2.45) is 5.92 Å². The molecule has 2 rings (SSSR count). The first-order chi connectivity index (χ1) is 8.16. The normalized spacial score (nSPS) is 19.3. The van der Waals surface area contributed by atoms with Crippen LogP contribution in [0.3, 0.4) is 0 Å². The summed E-state index contributed by atoms with van der Waals surface area (Å²) in [4.78, 5) is 11.9. The van der Waals surface area contributed by atoms with Crippen molar-refractivity contribution in [3.05, 3.63) is 53.1 Å². The van der Waals surface area contributed by atoms with Gasteiger partial charge in [-0.05, 0) is 31.6 Å². The number of hydrogen-bond donors (Lipinski definition) is 0. The smallest absolute Gasteiger partial charge is 0.318 e. The Bertz CT molecular complexity index is 474. The van der Waals surface area contributed by atoms with E-state index in [1.165, 1.54) is 0 Å². The van der Waals surface area contributed by atoms with E-state index < -0.39 is 0 Å². The highest BCUT2D eigenvalue weighted by Gasteiger charge is 2.23. The summed E-state index contributed by atoms with van der Waals surface area (Å²) in [5.41, 5.74) is 0.943. The minimum atomic E-state index is -0.231. The third-order valence-electron chi connectivity index (χ3n) is 2.71. The van der Waals surface area contributed by atoms with Crippen LogP contribution < -0.4 is 4.74 Å². The summed E-state index contributed by atoms with van der Waals surface area (Å²) in [6.07, 6.45) is 4.25. The number of rotatable bonds is 2. The molecule has 2 nitrogen and oxygen atoms in total. The Morgan fingerprint density at radius 1 is 1.35 bits per heavy atom. The Morgan fingerprint density at radius 2 is 2.06 bits per heavy atom. The highest BCUT2D eigenvalue weighted by atomic mass is 35.5. The van der Waals surface area contributed by atoms with Crippen LogP contribution in [0.1, 0.15) is 13.3 Å². The van der Waals surface area contributed by atoms with Crippen molar-refractivity contribution < 1.29 is 9.53 Å². The van der Waals surface area contributed by atoms with Crippen LogP contribution in [-0.2, 0) is 4.79 Å². The van der Waals surface area contributed by atoms with Crippen LogP contribution in [0, 0.1) is 5.92 Å². The number of ether oxygens (including phenoxy) is 1. The summed E-state index contributed by atoms with van der Waals surface area (Å²) in [5.74, 6) is 0.119. The molecular formula is C14H13ClO2. The summed E-state index contributed by atoms with van der Waals surface area (Å²) >= 11 is 5.87. The molecule has 1 aromatic carbocycles. The van der Waals surface area contributed by atoms with E-state index in [4.69, 9.17) is 16.3 Å². The van der Waals surface area contributed by atoms with Crippen LogP contribution in [0.4, 0.5) is 0 Å². The zero-order valence-electron chi connectivity index (χ0n) is 9.52. The molecule has 1 aromatic rings. The van der Waals surface area contributed by atoms with E-state index in [0.717, 1.165) is 5.57 Å². The van der Waals surface area contributed by atoms with Crippen LogP contribution in [0.25, 0.3) is 0 Å². The lowest BCUT2D eigenvalue weighted by atomic mass is 9.93. The van der Waals surface area contributed by atoms with Gasteiger partial charge in [0.05, 0.1) is 5.92 Å². The summed E-state index contributed by atoms with van der Waals surface area (Å²) in [6, 6.07) is 9.09. The Hall–Kier alpha value is -1.54. The van der Waals surface area contributed by atoms with Gasteiger partial charge in [-0.2, -0.15) is 0 Å². The minimum Gasteiger partial charge on any atom is -0.426 e. The van der Waals surface area contributed by atoms with Gasteiger partial charge in [0, 0.05) is 5.03 Å². The quantitative estimate of drug-likeness (QED) is 0.590. The van der Waals surface area contributed by atoms with Crippen LogP contribution in [0.2, 0.25) is 0 Å². The number of allylic oxidation sites excluding steroid dienone is 3. The molecule has 0 spiro atoms. The number of carbonyl (C=O) groups is 1. The third-order valence-corrected chi connectivity index (χ3v) is 2.97. The molecule has 0 bridgehead atoms. The van der Waals surface area contributed by atoms with Crippen LogP contribution in [0.5, 0.6) is 5.75 Å². The molecule has 0 heterocycles. The number of hydrogen-bond acceptors (Lipinski definition) is 2. The summed E-state index contributed by atoms with van der Waals surface area (Å²) in [7, 11) is 0. The Morgan fingerprint density at radius 3 is 2.71 bits per heavy atom. The maximum Gasteiger partial charge on any atom is 0.318 e. The lowest BCUT2D eigenvalue weighted by molar-refractivity contribution is -0.137. The number of halogens is 1. The Kier molecular flexibility index (Phi) is 3.64. The zero-order valence-corrected chi connectivity index (χ0v) is 10.3. The molecule has 17 heavy (non-hydrogen) atoms. The molecule has 1 aliphatic rings. The average Bonchev–Trinajstić information content (AvgIpc) is 2.30. The summed E-state index contributed by atoms with van der Waals surface area (Å²) in [5, 5.41) is 0.686. The van der Waals surface area contributed by atoms with Gasteiger partial charge in [-0.25, -0.2) is 0 Å². The van der Waals surface area contributed by atoms with Gasteiger partial charge in [0.15, 0.2) is 0 Å². The molecule has 1 unspecified atom stereocenters. The largest absolute Gasteiger partial charge is 0.426 e. The molecule has 1 atom stereocenters. The van der Waals surface area contributed by atoms with Crippen LogP contribution in [0.15, 0.2) is 53.1 Å². The van der Waals surface area contributed by atoms with Crippen molar-refractivity contribution >= 4 is 17.6 Å². The topological polar surface area (TPSA) is 26.3 Å². The average molecular weight is 249 g/mol. The third kappa shape index (κ3) is 2.98. The number of para-hydroxylation sites is 1. The van der Waals surface area contributed by atoms with E-state index in [2.05, 4.69) is 0 Å². The monoisotopic (exact) mass is 248 g/mol. The maximum absolute atomic E-state index is 11.9. The molecule has 0 saturated heterocycles. The van der Waals surface area contributed by atoms with Crippen molar-refractivity contribution in [2.75, 3.05) is 0 Å². The van der Waals surface area contributed by atoms with Gasteiger partial charge < -0.3 is 4.74 Å². The molecule has 0 N–H and O–H groups in total. The molecule has 0 saturated carbocycles. The second-order valence-corrected chi connectivity index (χ2v) is 4.44. The number of benzene rings is 1. The fraction of sp³-hybridized carbons (Fsp3) is 0.214. The number of carbonyl (C=O) groups excluding carboxylic acids is 1. The second-order valence-electron chi connectivity index (χ2n) is 4.00. The first-order valence-corrected chi connectivity index (χ1v) is 5.85. The summed E-state index contributed by atoms with van der Waals surface area (Å²) in [6.45, 7) is 1.90. The van der Waals surface area contributed by atoms with Crippen molar-refractivity contribution in [3.8, 4) is 5.75 Å². The zero-order chi connectivity index (χ0) is 12.3. The van der Waals surface area contributed by atoms with Crippen molar-refractivity contribution in [1.82, 2.24) is 0 Å². The molecular weight excluding hydrogens is 236 g/mol. The predicted molar refractivity (Wildman–Crippen MR) is 67.9 cm³/mol. The predicted octanol–water partition coefficient (Wildman–Crippen LogP) is 3.68. The van der Waals surface area contributed by atoms with Gasteiger partial charge in [-0.3, -0.25) is 4.79 Å². The van der Waals surface area contributed by atoms with Gasteiger partial charge in [0.25, 0.3) is 0 Å². The molecule has 0 fully saturated rings. The lowest BCUT2D eigenvalue weighted by Crippen LogP contribution is -2.22. The fourth-order valence-electron chi connectivity index (χ4n) is 1.75. The molecule has 0 aromatic heterocycles. The lowest BCUT2D eigenvalue weighted by Gasteiger charge is -2.18. The van der Waals surface area contributed by atoms with Gasteiger partial charge >= 0.3 is 5.97 Å². The van der Waals surface area contributed by atoms with E-state index in [0.29, 0.717) is 17.2 Å². The SMILES string of the molecule is CC1=CC(Cl)=CCC1C(=O)Oc1ccccc1. The molecule has 0 amide bonds. The van der Waals surface area contributed by atoms with Gasteiger partial charge in [0.2, 0.25) is 0 Å². The first-order valence-electron chi connectivity index (χ1n) is 5.47. The summed E-state index contributed by atoms with van der Waals surface area (Å²) < 4.78 is 5.31. The second kappa shape index (κ2) is 5.19. The number of esters is 1. The fourth-order valence-corrected chi connectivity index (χ4v) is 2.01. The maximum atomic E-state index is 11.9. The highest BCUT2D eigenvalue weighted by Crippen LogP contribution is 2.27. The van der Waals surface area contributed by atoms with Crippen LogP contribution >= 0.6 is 11.6 Å². The Labute approximate surface area is 106 Å². The molecule has 3 heteroatoms. The van der Waals surface area contributed by atoms with Gasteiger partial charge in [-0.15, -0.1) is 0 Å².